The van der Waals surface area contributed by atoms with Gasteiger partial charge in [0.2, 0.25) is 5.91 Å². The fraction of sp³-hybridized carbons (Fsp3) is 0.364. The number of aryl methyl sites for hydroxylation is 1. The fourth-order valence-corrected chi connectivity index (χ4v) is 2.79. The highest BCUT2D eigenvalue weighted by atomic mass is 19.1. The average Bonchev–Trinajstić information content (AvgIpc) is 2.66. The van der Waals surface area contributed by atoms with Crippen molar-refractivity contribution >= 4 is 17.6 Å². The van der Waals surface area contributed by atoms with Gasteiger partial charge in [-0.05, 0) is 62.8 Å². The minimum absolute atomic E-state index is 0.0586. The van der Waals surface area contributed by atoms with Crippen LogP contribution in [0.15, 0.2) is 47.5 Å². The summed E-state index contributed by atoms with van der Waals surface area (Å²) in [6, 6.07) is 12.8. The summed E-state index contributed by atoms with van der Waals surface area (Å²) in [6.45, 7) is 4.56. The van der Waals surface area contributed by atoms with Gasteiger partial charge in [0, 0.05) is 19.3 Å². The van der Waals surface area contributed by atoms with Gasteiger partial charge in [-0.2, -0.15) is 0 Å². The summed E-state index contributed by atoms with van der Waals surface area (Å²) in [5, 5.41) is 9.40. The van der Waals surface area contributed by atoms with Gasteiger partial charge in [-0.1, -0.05) is 24.3 Å². The highest BCUT2D eigenvalue weighted by molar-refractivity contribution is 5.92. The Kier molecular flexibility index (Phi) is 8.15. The Morgan fingerprint density at radius 2 is 1.97 bits per heavy atom. The number of anilines is 1. The third kappa shape index (κ3) is 7.19. The lowest BCUT2D eigenvalue weighted by atomic mass is 10.1. The number of nitrogens with zero attached hydrogens (tertiary/aromatic N) is 2. The lowest BCUT2D eigenvalue weighted by Crippen LogP contribution is -2.38. The van der Waals surface area contributed by atoms with E-state index in [1.54, 1.807) is 26.1 Å². The molecule has 0 saturated carbocycles. The third-order valence-corrected chi connectivity index (χ3v) is 4.40. The van der Waals surface area contributed by atoms with Crippen molar-refractivity contribution in [2.45, 2.75) is 26.4 Å². The summed E-state index contributed by atoms with van der Waals surface area (Å²) < 4.78 is 13.8. The van der Waals surface area contributed by atoms with Crippen molar-refractivity contribution in [3.63, 3.8) is 0 Å². The second-order valence-corrected chi connectivity index (χ2v) is 7.29. The van der Waals surface area contributed by atoms with Gasteiger partial charge in [-0.25, -0.2) is 4.39 Å². The SMILES string of the molecule is CN=C(NCc1cccc(NC(=O)CN(C)C)c1)NC(C)c1ccc(C)c(F)c1. The van der Waals surface area contributed by atoms with Crippen LogP contribution in [0, 0.1) is 12.7 Å². The summed E-state index contributed by atoms with van der Waals surface area (Å²) in [5.41, 5.74) is 3.23. The van der Waals surface area contributed by atoms with Crippen molar-refractivity contribution in [2.24, 2.45) is 4.99 Å². The molecule has 1 atom stereocenters. The van der Waals surface area contributed by atoms with E-state index in [1.807, 2.05) is 56.3 Å². The minimum Gasteiger partial charge on any atom is -0.352 e. The number of halogens is 1. The molecule has 0 aromatic heterocycles. The van der Waals surface area contributed by atoms with Crippen LogP contribution in [-0.4, -0.2) is 44.5 Å². The molecule has 6 nitrogen and oxygen atoms in total. The van der Waals surface area contributed by atoms with E-state index in [0.717, 1.165) is 16.8 Å². The summed E-state index contributed by atoms with van der Waals surface area (Å²) in [7, 11) is 5.39. The number of carbonyl (C=O) groups excluding carboxylic acids is 1. The molecule has 2 rings (SSSR count). The van der Waals surface area contributed by atoms with E-state index in [4.69, 9.17) is 0 Å². The number of hydrogen-bond acceptors (Lipinski definition) is 3. The first-order valence-electron chi connectivity index (χ1n) is 9.55. The van der Waals surface area contributed by atoms with Gasteiger partial charge < -0.3 is 20.9 Å². The molecule has 0 heterocycles. The largest absolute Gasteiger partial charge is 0.352 e. The molecule has 0 aliphatic rings. The maximum atomic E-state index is 13.8. The molecule has 0 radical (unpaired) electrons. The number of amides is 1. The Morgan fingerprint density at radius 1 is 1.21 bits per heavy atom. The molecule has 0 aliphatic carbocycles. The smallest absolute Gasteiger partial charge is 0.238 e. The summed E-state index contributed by atoms with van der Waals surface area (Å²) in [5.74, 6) is 0.337. The van der Waals surface area contributed by atoms with E-state index in [9.17, 15) is 9.18 Å². The molecule has 7 heteroatoms. The lowest BCUT2D eigenvalue weighted by Gasteiger charge is -2.19. The van der Waals surface area contributed by atoms with Gasteiger partial charge in [-0.3, -0.25) is 9.79 Å². The molecule has 0 bridgehead atoms. The highest BCUT2D eigenvalue weighted by Crippen LogP contribution is 2.16. The van der Waals surface area contributed by atoms with Gasteiger partial charge in [0.1, 0.15) is 5.82 Å². The second kappa shape index (κ2) is 10.6. The molecule has 156 valence electrons. The van der Waals surface area contributed by atoms with E-state index in [2.05, 4.69) is 20.9 Å². The van der Waals surface area contributed by atoms with Crippen LogP contribution in [0.3, 0.4) is 0 Å². The van der Waals surface area contributed by atoms with Gasteiger partial charge in [-0.15, -0.1) is 0 Å². The molecule has 0 fully saturated rings. The van der Waals surface area contributed by atoms with Crippen LogP contribution in [0.2, 0.25) is 0 Å². The molecular formula is C22H30FN5O. The van der Waals surface area contributed by atoms with E-state index in [1.165, 1.54) is 0 Å². The number of rotatable bonds is 7. The molecule has 0 spiro atoms. The molecule has 2 aromatic carbocycles. The van der Waals surface area contributed by atoms with E-state index in [0.29, 0.717) is 24.6 Å². The first kappa shape index (κ1) is 22.4. The maximum absolute atomic E-state index is 13.8. The van der Waals surface area contributed by atoms with Crippen LogP contribution in [-0.2, 0) is 11.3 Å². The molecule has 1 unspecified atom stereocenters. The van der Waals surface area contributed by atoms with Crippen molar-refractivity contribution in [3.05, 3.63) is 65.0 Å². The average molecular weight is 400 g/mol. The Morgan fingerprint density at radius 3 is 2.62 bits per heavy atom. The first-order valence-corrected chi connectivity index (χ1v) is 9.55. The summed E-state index contributed by atoms with van der Waals surface area (Å²) in [4.78, 5) is 18.0. The Labute approximate surface area is 172 Å². The van der Waals surface area contributed by atoms with Crippen LogP contribution in [0.1, 0.15) is 29.7 Å². The number of benzene rings is 2. The van der Waals surface area contributed by atoms with Crippen LogP contribution in [0.4, 0.5) is 10.1 Å². The number of nitrogens with one attached hydrogen (secondary N) is 3. The predicted octanol–water partition coefficient (Wildman–Crippen LogP) is 3.06. The number of aliphatic imine (C=N–C) groups is 1. The first-order chi connectivity index (χ1) is 13.8. The number of carbonyl (C=O) groups is 1. The van der Waals surface area contributed by atoms with Gasteiger partial charge >= 0.3 is 0 Å². The van der Waals surface area contributed by atoms with Crippen molar-refractivity contribution in [1.82, 2.24) is 15.5 Å². The molecule has 29 heavy (non-hydrogen) atoms. The topological polar surface area (TPSA) is 68.8 Å². The van der Waals surface area contributed by atoms with Crippen LogP contribution < -0.4 is 16.0 Å². The standard InChI is InChI=1S/C22H30FN5O/c1-15-9-10-18(12-20(15)23)16(2)26-22(24-3)25-13-17-7-6-8-19(11-17)27-21(29)14-28(4)5/h6-12,16H,13-14H2,1-5H3,(H,27,29)(H2,24,25,26). The zero-order valence-electron chi connectivity index (χ0n) is 17.7. The zero-order valence-corrected chi connectivity index (χ0v) is 17.7. The van der Waals surface area contributed by atoms with E-state index >= 15 is 0 Å². The number of guanidine groups is 1. The Hall–Kier alpha value is -2.93. The third-order valence-electron chi connectivity index (χ3n) is 4.40. The van der Waals surface area contributed by atoms with E-state index in [-0.39, 0.29) is 17.8 Å². The molecule has 0 aliphatic heterocycles. The number of likely N-dealkylation sites (N-methyl/N-ethyl adjacent to an activating group) is 1. The zero-order chi connectivity index (χ0) is 21.4. The lowest BCUT2D eigenvalue weighted by molar-refractivity contribution is -0.116. The molecule has 2 aromatic rings. The normalized spacial score (nSPS) is 12.6. The van der Waals surface area contributed by atoms with Gasteiger partial charge in [0.25, 0.3) is 0 Å². The predicted molar refractivity (Wildman–Crippen MR) is 117 cm³/mol. The Bertz CT molecular complexity index is 866. The molecule has 1 amide bonds. The maximum Gasteiger partial charge on any atom is 0.238 e. The van der Waals surface area contributed by atoms with Crippen LogP contribution in [0.5, 0.6) is 0 Å². The number of hydrogen-bond donors (Lipinski definition) is 3. The van der Waals surface area contributed by atoms with Crippen molar-refractivity contribution < 1.29 is 9.18 Å². The Balaban J connectivity index is 1.94. The quantitative estimate of drug-likeness (QED) is 0.494. The molecular weight excluding hydrogens is 369 g/mol. The monoisotopic (exact) mass is 399 g/mol. The van der Waals surface area contributed by atoms with Crippen molar-refractivity contribution in [2.75, 3.05) is 33.0 Å². The van der Waals surface area contributed by atoms with Crippen molar-refractivity contribution in [3.8, 4) is 0 Å². The van der Waals surface area contributed by atoms with Crippen molar-refractivity contribution in [1.29, 1.82) is 0 Å². The van der Waals surface area contributed by atoms with Gasteiger partial charge in [0.05, 0.1) is 12.6 Å². The molecule has 3 N–H and O–H groups in total. The van der Waals surface area contributed by atoms with E-state index < -0.39 is 0 Å². The fourth-order valence-electron chi connectivity index (χ4n) is 2.79. The minimum atomic E-state index is -0.216. The summed E-state index contributed by atoms with van der Waals surface area (Å²) in [6.07, 6.45) is 0. The second-order valence-electron chi connectivity index (χ2n) is 7.29. The highest BCUT2D eigenvalue weighted by Gasteiger charge is 2.10. The van der Waals surface area contributed by atoms with Gasteiger partial charge in [0.15, 0.2) is 5.96 Å². The molecule has 0 saturated heterocycles. The van der Waals surface area contributed by atoms with Crippen LogP contribution in [0.25, 0.3) is 0 Å². The summed E-state index contributed by atoms with van der Waals surface area (Å²) >= 11 is 0. The van der Waals surface area contributed by atoms with Crippen LogP contribution >= 0.6 is 0 Å².